The summed E-state index contributed by atoms with van der Waals surface area (Å²) in [6.45, 7) is 3.89. The molecule has 4 nitrogen and oxygen atoms in total. The first kappa shape index (κ1) is 15.4. The number of aryl methyl sites for hydroxylation is 1. The molecule has 0 fully saturated rings. The average molecular weight is 309 g/mol. The Morgan fingerprint density at radius 1 is 1.43 bits per heavy atom. The lowest BCUT2D eigenvalue weighted by atomic mass is 10.2. The fourth-order valence-electron chi connectivity index (χ4n) is 1.92. The molecule has 112 valence electrons. The first-order chi connectivity index (χ1) is 10.1. The lowest BCUT2D eigenvalue weighted by Gasteiger charge is -2.06. The van der Waals surface area contributed by atoms with Gasteiger partial charge in [-0.3, -0.25) is 4.79 Å². The molecule has 0 radical (unpaired) electrons. The van der Waals surface area contributed by atoms with Gasteiger partial charge in [0, 0.05) is 4.88 Å². The molecule has 21 heavy (non-hydrogen) atoms. The van der Waals surface area contributed by atoms with Crippen molar-refractivity contribution >= 4 is 17.3 Å². The van der Waals surface area contributed by atoms with Gasteiger partial charge in [0.2, 0.25) is 0 Å². The number of thiazole rings is 1. The summed E-state index contributed by atoms with van der Waals surface area (Å²) in [6, 6.07) is 4.62. The lowest BCUT2D eigenvalue weighted by Crippen LogP contribution is -2.07. The van der Waals surface area contributed by atoms with Crippen LogP contribution in [-0.2, 0) is 16.0 Å². The molecule has 2 aromatic rings. The standard InChI is InChI=1S/C15H16FNO3S/c1-4-20-13(18)8-12-9(2)17-15(21-12)14-10(16)6-5-7-11(14)19-3/h5-7H,4,8H2,1-3H3. The van der Waals surface area contributed by atoms with Gasteiger partial charge in [-0.2, -0.15) is 0 Å². The second kappa shape index (κ2) is 6.67. The molecule has 0 atom stereocenters. The van der Waals surface area contributed by atoms with E-state index in [1.54, 1.807) is 26.0 Å². The number of rotatable bonds is 5. The molecule has 1 aromatic carbocycles. The summed E-state index contributed by atoms with van der Waals surface area (Å²) in [5.74, 6) is -0.284. The average Bonchev–Trinajstić information content (AvgIpc) is 2.79. The van der Waals surface area contributed by atoms with Crippen LogP contribution in [0.25, 0.3) is 10.6 Å². The number of ether oxygens (including phenoxy) is 2. The van der Waals surface area contributed by atoms with E-state index in [0.29, 0.717) is 28.6 Å². The van der Waals surface area contributed by atoms with Gasteiger partial charge in [0.15, 0.2) is 0 Å². The second-order valence-corrected chi connectivity index (χ2v) is 5.41. The van der Waals surface area contributed by atoms with Gasteiger partial charge in [-0.05, 0) is 26.0 Å². The quantitative estimate of drug-likeness (QED) is 0.795. The van der Waals surface area contributed by atoms with Gasteiger partial charge >= 0.3 is 5.97 Å². The molecule has 0 amide bonds. The SMILES string of the molecule is CCOC(=O)Cc1sc(-c2c(F)cccc2OC)nc1C. The van der Waals surface area contributed by atoms with Crippen LogP contribution in [0.5, 0.6) is 5.75 Å². The van der Waals surface area contributed by atoms with E-state index in [0.717, 1.165) is 4.88 Å². The smallest absolute Gasteiger partial charge is 0.311 e. The number of hydrogen-bond donors (Lipinski definition) is 0. The van der Waals surface area contributed by atoms with Crippen LogP contribution in [0, 0.1) is 12.7 Å². The third-order valence-corrected chi connectivity index (χ3v) is 4.09. The maximum Gasteiger partial charge on any atom is 0.311 e. The fraction of sp³-hybridized carbons (Fsp3) is 0.333. The predicted molar refractivity (Wildman–Crippen MR) is 79.1 cm³/mol. The van der Waals surface area contributed by atoms with Crippen LogP contribution in [0.1, 0.15) is 17.5 Å². The minimum Gasteiger partial charge on any atom is -0.496 e. The Morgan fingerprint density at radius 3 is 2.86 bits per heavy atom. The largest absolute Gasteiger partial charge is 0.496 e. The maximum atomic E-state index is 14.0. The maximum absolute atomic E-state index is 14.0. The number of hydrogen-bond acceptors (Lipinski definition) is 5. The van der Waals surface area contributed by atoms with Gasteiger partial charge in [0.1, 0.15) is 16.6 Å². The molecular weight excluding hydrogens is 293 g/mol. The van der Waals surface area contributed by atoms with E-state index >= 15 is 0 Å². The monoisotopic (exact) mass is 309 g/mol. The molecule has 0 aliphatic heterocycles. The van der Waals surface area contributed by atoms with E-state index in [1.165, 1.54) is 24.5 Å². The van der Waals surface area contributed by atoms with Crippen molar-refractivity contribution in [1.29, 1.82) is 0 Å². The van der Waals surface area contributed by atoms with Crippen LogP contribution in [0.3, 0.4) is 0 Å². The van der Waals surface area contributed by atoms with Crippen LogP contribution in [0.2, 0.25) is 0 Å². The van der Waals surface area contributed by atoms with Crippen molar-refractivity contribution in [3.63, 3.8) is 0 Å². The van der Waals surface area contributed by atoms with E-state index in [-0.39, 0.29) is 12.4 Å². The van der Waals surface area contributed by atoms with Crippen molar-refractivity contribution in [3.8, 4) is 16.3 Å². The van der Waals surface area contributed by atoms with Crippen LogP contribution >= 0.6 is 11.3 Å². The lowest BCUT2D eigenvalue weighted by molar-refractivity contribution is -0.142. The Kier molecular flexibility index (Phi) is 4.90. The van der Waals surface area contributed by atoms with Crippen molar-refractivity contribution in [2.75, 3.05) is 13.7 Å². The van der Waals surface area contributed by atoms with Crippen molar-refractivity contribution in [2.24, 2.45) is 0 Å². The Hall–Kier alpha value is -1.95. The molecular formula is C15H16FNO3S. The third-order valence-electron chi connectivity index (χ3n) is 2.91. The zero-order valence-electron chi connectivity index (χ0n) is 12.1. The van der Waals surface area contributed by atoms with Gasteiger partial charge < -0.3 is 9.47 Å². The molecule has 0 aliphatic carbocycles. The first-order valence-corrected chi connectivity index (χ1v) is 7.33. The van der Waals surface area contributed by atoms with Gasteiger partial charge in [-0.1, -0.05) is 6.07 Å². The van der Waals surface area contributed by atoms with Gasteiger partial charge in [-0.25, -0.2) is 9.37 Å². The van der Waals surface area contributed by atoms with Crippen molar-refractivity contribution in [3.05, 3.63) is 34.6 Å². The normalized spacial score (nSPS) is 10.5. The summed E-state index contributed by atoms with van der Waals surface area (Å²) >= 11 is 1.28. The molecule has 1 aromatic heterocycles. The van der Waals surface area contributed by atoms with Crippen LogP contribution in [0.4, 0.5) is 4.39 Å². The van der Waals surface area contributed by atoms with Crippen molar-refractivity contribution in [1.82, 2.24) is 4.98 Å². The summed E-state index contributed by atoms with van der Waals surface area (Å²) in [7, 11) is 1.48. The topological polar surface area (TPSA) is 48.4 Å². The number of aromatic nitrogens is 1. The predicted octanol–water partition coefficient (Wildman–Crippen LogP) is 3.37. The van der Waals surface area contributed by atoms with Crippen LogP contribution in [-0.4, -0.2) is 24.7 Å². The summed E-state index contributed by atoms with van der Waals surface area (Å²) < 4.78 is 24.2. The molecule has 2 rings (SSSR count). The van der Waals surface area contributed by atoms with Gasteiger partial charge in [0.05, 0.1) is 31.4 Å². The molecule has 0 unspecified atom stereocenters. The Balaban J connectivity index is 2.37. The first-order valence-electron chi connectivity index (χ1n) is 6.51. The molecule has 1 heterocycles. The van der Waals surface area contributed by atoms with Gasteiger partial charge in [0.25, 0.3) is 0 Å². The zero-order chi connectivity index (χ0) is 15.4. The minimum absolute atomic E-state index is 0.147. The highest BCUT2D eigenvalue weighted by Crippen LogP contribution is 2.36. The highest BCUT2D eigenvalue weighted by atomic mass is 32.1. The molecule has 0 spiro atoms. The van der Waals surface area contributed by atoms with E-state index in [1.807, 2.05) is 0 Å². The number of halogens is 1. The Morgan fingerprint density at radius 2 is 2.19 bits per heavy atom. The van der Waals surface area contributed by atoms with Crippen LogP contribution in [0.15, 0.2) is 18.2 Å². The molecule has 0 saturated heterocycles. The van der Waals surface area contributed by atoms with Crippen LogP contribution < -0.4 is 4.74 Å². The number of methoxy groups -OCH3 is 1. The van der Waals surface area contributed by atoms with E-state index in [2.05, 4.69) is 4.98 Å². The summed E-state index contributed by atoms with van der Waals surface area (Å²) in [5.41, 5.74) is 1.02. The van der Waals surface area contributed by atoms with E-state index in [4.69, 9.17) is 9.47 Å². The Bertz CT molecular complexity index is 654. The van der Waals surface area contributed by atoms with Crippen molar-refractivity contribution < 1.29 is 18.7 Å². The third kappa shape index (κ3) is 3.39. The highest BCUT2D eigenvalue weighted by molar-refractivity contribution is 7.15. The molecule has 0 bridgehead atoms. The number of nitrogens with zero attached hydrogens (tertiary/aromatic N) is 1. The highest BCUT2D eigenvalue weighted by Gasteiger charge is 2.19. The van der Waals surface area contributed by atoms with E-state index in [9.17, 15) is 9.18 Å². The molecule has 0 saturated carbocycles. The number of esters is 1. The summed E-state index contributed by atoms with van der Waals surface area (Å²) in [5, 5.41) is 0.502. The number of carbonyl (C=O) groups is 1. The summed E-state index contributed by atoms with van der Waals surface area (Å²) in [6.07, 6.45) is 0.147. The molecule has 6 heteroatoms. The van der Waals surface area contributed by atoms with Crippen molar-refractivity contribution in [2.45, 2.75) is 20.3 Å². The number of benzene rings is 1. The summed E-state index contributed by atoms with van der Waals surface area (Å²) in [4.78, 5) is 16.7. The fourth-order valence-corrected chi connectivity index (χ4v) is 3.02. The number of carbonyl (C=O) groups excluding carboxylic acids is 1. The zero-order valence-corrected chi connectivity index (χ0v) is 12.9. The second-order valence-electron chi connectivity index (χ2n) is 4.33. The molecule has 0 aliphatic rings. The van der Waals surface area contributed by atoms with Gasteiger partial charge in [-0.15, -0.1) is 11.3 Å². The molecule has 0 N–H and O–H groups in total. The van der Waals surface area contributed by atoms with E-state index < -0.39 is 5.82 Å². The Labute approximate surface area is 126 Å². The minimum atomic E-state index is -0.397.